The average Bonchev–Trinajstić information content (AvgIpc) is 3.15. The van der Waals surface area contributed by atoms with Crippen LogP contribution in [0.3, 0.4) is 0 Å². The molecule has 0 saturated carbocycles. The summed E-state index contributed by atoms with van der Waals surface area (Å²) in [5.74, 6) is 0. The molecule has 2 heterocycles. The van der Waals surface area contributed by atoms with Crippen molar-refractivity contribution in [2.45, 2.75) is 60.7 Å². The summed E-state index contributed by atoms with van der Waals surface area (Å²) in [7, 11) is 0. The van der Waals surface area contributed by atoms with Gasteiger partial charge in [0.25, 0.3) is 0 Å². The van der Waals surface area contributed by atoms with Gasteiger partial charge in [-0.2, -0.15) is 0 Å². The van der Waals surface area contributed by atoms with Crippen LogP contribution in [0.5, 0.6) is 0 Å². The van der Waals surface area contributed by atoms with E-state index in [1.807, 2.05) is 25.3 Å². The standard InChI is InChI=1S/C23H26ClNO5S/c1-3-13-5-7-14(8-6-13)31-17-10-25(19-12(2)4-9-15(24)18(17)19)23-22(29)21(28)20(27)16(11-26)30-23/h4-10,16,20-23,26-29H,3,11H2,1-2H3/t16-,20-,21+,22-,23-/m1/s1. The zero-order valence-corrected chi connectivity index (χ0v) is 18.8. The lowest BCUT2D eigenvalue weighted by molar-refractivity contribution is -0.250. The summed E-state index contributed by atoms with van der Waals surface area (Å²) in [5.41, 5.74) is 2.94. The van der Waals surface area contributed by atoms with Crippen molar-refractivity contribution in [1.82, 2.24) is 4.57 Å². The van der Waals surface area contributed by atoms with Gasteiger partial charge in [0.1, 0.15) is 24.4 Å². The maximum absolute atomic E-state index is 10.7. The second kappa shape index (κ2) is 9.11. The van der Waals surface area contributed by atoms with E-state index in [9.17, 15) is 20.4 Å². The van der Waals surface area contributed by atoms with Gasteiger partial charge in [-0.05, 0) is 42.7 Å². The van der Waals surface area contributed by atoms with Crippen LogP contribution in [-0.4, -0.2) is 56.0 Å². The van der Waals surface area contributed by atoms with Gasteiger partial charge in [-0.15, -0.1) is 0 Å². The molecule has 2 aromatic carbocycles. The summed E-state index contributed by atoms with van der Waals surface area (Å²) >= 11 is 8.13. The lowest BCUT2D eigenvalue weighted by Gasteiger charge is -2.40. The molecule has 4 N–H and O–H groups in total. The number of rotatable bonds is 5. The molecule has 1 aliphatic heterocycles. The van der Waals surface area contributed by atoms with Gasteiger partial charge in [0.05, 0.1) is 17.1 Å². The number of aliphatic hydroxyl groups excluding tert-OH is 4. The van der Waals surface area contributed by atoms with Gasteiger partial charge < -0.3 is 29.7 Å². The predicted octanol–water partition coefficient (Wildman–Crippen LogP) is 3.29. The van der Waals surface area contributed by atoms with Gasteiger partial charge in [-0.1, -0.05) is 48.5 Å². The Labute approximate surface area is 190 Å². The summed E-state index contributed by atoms with van der Waals surface area (Å²) in [6.45, 7) is 3.56. The zero-order valence-electron chi connectivity index (χ0n) is 17.3. The molecule has 4 rings (SSSR count). The van der Waals surface area contributed by atoms with E-state index in [0.29, 0.717) is 5.02 Å². The Bertz CT molecular complexity index is 1070. The first-order chi connectivity index (χ1) is 14.8. The number of fused-ring (bicyclic) bond motifs is 1. The highest BCUT2D eigenvalue weighted by atomic mass is 35.5. The summed E-state index contributed by atoms with van der Waals surface area (Å²) < 4.78 is 7.55. The second-order valence-corrected chi connectivity index (χ2v) is 9.33. The van der Waals surface area contributed by atoms with E-state index in [-0.39, 0.29) is 0 Å². The van der Waals surface area contributed by atoms with Crippen molar-refractivity contribution < 1.29 is 25.2 Å². The Morgan fingerprint density at radius 2 is 1.74 bits per heavy atom. The maximum atomic E-state index is 10.7. The Kier molecular flexibility index (Phi) is 6.65. The second-order valence-electron chi connectivity index (χ2n) is 7.81. The van der Waals surface area contributed by atoms with Gasteiger partial charge in [0, 0.05) is 21.4 Å². The first-order valence-electron chi connectivity index (χ1n) is 10.2. The topological polar surface area (TPSA) is 95.1 Å². The molecule has 1 fully saturated rings. The molecule has 6 nitrogen and oxygen atoms in total. The molecule has 1 aromatic heterocycles. The minimum atomic E-state index is -1.45. The molecule has 8 heteroatoms. The minimum absolute atomic E-state index is 0.480. The van der Waals surface area contributed by atoms with Crippen molar-refractivity contribution >= 4 is 34.3 Å². The normalized spacial score (nSPS) is 26.5. The third-order valence-electron chi connectivity index (χ3n) is 5.79. The quantitative estimate of drug-likeness (QED) is 0.464. The molecule has 0 aliphatic carbocycles. The van der Waals surface area contributed by atoms with Gasteiger partial charge in [0.15, 0.2) is 6.23 Å². The molecule has 166 valence electrons. The van der Waals surface area contributed by atoms with Crippen LogP contribution < -0.4 is 0 Å². The fourth-order valence-corrected chi connectivity index (χ4v) is 5.31. The minimum Gasteiger partial charge on any atom is -0.394 e. The number of hydrogen-bond acceptors (Lipinski definition) is 6. The number of benzene rings is 2. The lowest BCUT2D eigenvalue weighted by atomic mass is 9.98. The van der Waals surface area contributed by atoms with Crippen molar-refractivity contribution in [2.75, 3.05) is 6.61 Å². The molecule has 0 bridgehead atoms. The lowest BCUT2D eigenvalue weighted by Crippen LogP contribution is -2.56. The molecule has 0 radical (unpaired) electrons. The van der Waals surface area contributed by atoms with Crippen LogP contribution >= 0.6 is 23.4 Å². The van der Waals surface area contributed by atoms with Crippen LogP contribution in [0.25, 0.3) is 10.9 Å². The summed E-state index contributed by atoms with van der Waals surface area (Å²) in [6, 6.07) is 12.0. The van der Waals surface area contributed by atoms with E-state index in [4.69, 9.17) is 16.3 Å². The molecule has 1 saturated heterocycles. The van der Waals surface area contributed by atoms with Crippen molar-refractivity contribution in [2.24, 2.45) is 0 Å². The van der Waals surface area contributed by atoms with E-state index < -0.39 is 37.3 Å². The van der Waals surface area contributed by atoms with Gasteiger partial charge in [-0.25, -0.2) is 0 Å². The molecule has 3 aromatic rings. The van der Waals surface area contributed by atoms with Gasteiger partial charge >= 0.3 is 0 Å². The molecule has 0 unspecified atom stereocenters. The zero-order chi connectivity index (χ0) is 22.3. The maximum Gasteiger partial charge on any atom is 0.163 e. The number of aryl methyl sites for hydroxylation is 2. The summed E-state index contributed by atoms with van der Waals surface area (Å²) in [5, 5.41) is 42.1. The molecule has 1 aliphatic rings. The Balaban J connectivity index is 1.81. The molecule has 0 spiro atoms. The third kappa shape index (κ3) is 4.12. The first kappa shape index (κ1) is 22.6. The van der Waals surface area contributed by atoms with Crippen LogP contribution in [0.15, 0.2) is 52.4 Å². The summed E-state index contributed by atoms with van der Waals surface area (Å²) in [6.07, 6.45) is -3.42. The number of aromatic nitrogens is 1. The van der Waals surface area contributed by atoms with Gasteiger partial charge in [0.2, 0.25) is 0 Å². The highest BCUT2D eigenvalue weighted by Gasteiger charge is 2.44. The monoisotopic (exact) mass is 463 g/mol. The van der Waals surface area contributed by atoms with E-state index in [2.05, 4.69) is 31.2 Å². The predicted molar refractivity (Wildman–Crippen MR) is 121 cm³/mol. The van der Waals surface area contributed by atoms with Crippen LogP contribution in [0.4, 0.5) is 0 Å². The third-order valence-corrected chi connectivity index (χ3v) is 7.14. The fraction of sp³-hybridized carbons (Fsp3) is 0.391. The first-order valence-corrected chi connectivity index (χ1v) is 11.4. The molecular formula is C23H26ClNO5S. The smallest absolute Gasteiger partial charge is 0.163 e. The fourth-order valence-electron chi connectivity index (χ4n) is 4.00. The number of ether oxygens (including phenoxy) is 1. The van der Waals surface area contributed by atoms with E-state index >= 15 is 0 Å². The number of hydrogen-bond donors (Lipinski definition) is 4. The number of aliphatic hydroxyl groups is 4. The SMILES string of the molecule is CCc1ccc(Sc2cn([C@@H]3O[C@H](CO)[C@@H](O)[C@H](O)[C@H]3O)c3c(C)ccc(Cl)c23)cc1. The van der Waals surface area contributed by atoms with Crippen LogP contribution in [-0.2, 0) is 11.2 Å². The van der Waals surface area contributed by atoms with E-state index in [1.54, 1.807) is 16.3 Å². The van der Waals surface area contributed by atoms with Crippen LogP contribution in [0.2, 0.25) is 5.02 Å². The Hall–Kier alpha value is -1.58. The van der Waals surface area contributed by atoms with Crippen LogP contribution in [0, 0.1) is 6.92 Å². The van der Waals surface area contributed by atoms with Crippen molar-refractivity contribution in [3.63, 3.8) is 0 Å². The number of nitrogens with zero attached hydrogens (tertiary/aromatic N) is 1. The van der Waals surface area contributed by atoms with Crippen molar-refractivity contribution in [1.29, 1.82) is 0 Å². The van der Waals surface area contributed by atoms with E-state index in [0.717, 1.165) is 32.7 Å². The van der Waals surface area contributed by atoms with Gasteiger partial charge in [-0.3, -0.25) is 0 Å². The summed E-state index contributed by atoms with van der Waals surface area (Å²) in [4.78, 5) is 1.92. The van der Waals surface area contributed by atoms with E-state index in [1.165, 1.54) is 5.56 Å². The highest BCUT2D eigenvalue weighted by Crippen LogP contribution is 2.42. The van der Waals surface area contributed by atoms with Crippen LogP contribution in [0.1, 0.15) is 24.3 Å². The van der Waals surface area contributed by atoms with Crippen molar-refractivity contribution in [3.8, 4) is 0 Å². The Morgan fingerprint density at radius 1 is 1.03 bits per heavy atom. The molecule has 5 atom stereocenters. The molecule has 31 heavy (non-hydrogen) atoms. The van der Waals surface area contributed by atoms with Crippen molar-refractivity contribution in [3.05, 3.63) is 58.7 Å². The highest BCUT2D eigenvalue weighted by molar-refractivity contribution is 7.99. The Morgan fingerprint density at radius 3 is 2.39 bits per heavy atom. The average molecular weight is 464 g/mol. The largest absolute Gasteiger partial charge is 0.394 e. The molecule has 0 amide bonds. The molecular weight excluding hydrogens is 438 g/mol. The number of halogens is 1.